The molecule has 0 amide bonds. The van der Waals surface area contributed by atoms with Gasteiger partial charge in [-0.05, 0) is 36.2 Å². The van der Waals surface area contributed by atoms with Crippen LogP contribution in [-0.4, -0.2) is 17.5 Å². The molecule has 0 N–H and O–H groups in total. The van der Waals surface area contributed by atoms with Crippen molar-refractivity contribution in [3.05, 3.63) is 48.0 Å². The van der Waals surface area contributed by atoms with E-state index < -0.39 is 0 Å². The van der Waals surface area contributed by atoms with Crippen molar-refractivity contribution in [3.63, 3.8) is 0 Å². The van der Waals surface area contributed by atoms with Gasteiger partial charge >= 0.3 is 0 Å². The summed E-state index contributed by atoms with van der Waals surface area (Å²) < 4.78 is 0. The highest BCUT2D eigenvalue weighted by atomic mass is 15.3. The number of benzene rings is 2. The Hall–Kier alpha value is -1.34. The second-order valence-electron chi connectivity index (χ2n) is 4.91. The molecule has 16 heavy (non-hydrogen) atoms. The van der Waals surface area contributed by atoms with Crippen LogP contribution in [0.25, 0.3) is 10.8 Å². The molecule has 1 saturated heterocycles. The summed E-state index contributed by atoms with van der Waals surface area (Å²) in [4.78, 5) is 2.52. The SMILES string of the molecule is CC(C)N1C[C@@H]1c1ccc2ccccc2c1. The second kappa shape index (κ2) is 3.60. The van der Waals surface area contributed by atoms with Gasteiger partial charge in [-0.25, -0.2) is 0 Å². The van der Waals surface area contributed by atoms with E-state index in [1.165, 1.54) is 22.9 Å². The Bertz CT molecular complexity index is 516. The zero-order valence-electron chi connectivity index (χ0n) is 9.85. The van der Waals surface area contributed by atoms with Gasteiger partial charge in [-0.15, -0.1) is 0 Å². The van der Waals surface area contributed by atoms with E-state index in [9.17, 15) is 0 Å². The first-order valence-corrected chi connectivity index (χ1v) is 6.00. The molecule has 0 aliphatic carbocycles. The fourth-order valence-electron chi connectivity index (χ4n) is 2.44. The molecule has 1 fully saturated rings. The van der Waals surface area contributed by atoms with E-state index in [1.807, 2.05) is 0 Å². The quantitative estimate of drug-likeness (QED) is 0.686. The van der Waals surface area contributed by atoms with Crippen LogP contribution in [0.15, 0.2) is 42.5 Å². The van der Waals surface area contributed by atoms with E-state index in [-0.39, 0.29) is 0 Å². The van der Waals surface area contributed by atoms with Crippen LogP contribution in [-0.2, 0) is 0 Å². The van der Waals surface area contributed by atoms with Gasteiger partial charge in [0, 0.05) is 18.6 Å². The molecular formula is C15H17N. The number of nitrogens with zero attached hydrogens (tertiary/aromatic N) is 1. The van der Waals surface area contributed by atoms with E-state index in [2.05, 4.69) is 61.2 Å². The van der Waals surface area contributed by atoms with Crippen LogP contribution in [0.4, 0.5) is 0 Å². The molecule has 82 valence electrons. The van der Waals surface area contributed by atoms with Crippen molar-refractivity contribution in [3.8, 4) is 0 Å². The third-order valence-electron chi connectivity index (χ3n) is 3.47. The topological polar surface area (TPSA) is 3.01 Å². The standard InChI is InChI=1S/C15H17N/c1-11(2)16-10-15(16)14-8-7-12-5-3-4-6-13(12)9-14/h3-9,11,15H,10H2,1-2H3/t15-,16?/m1/s1. The van der Waals surface area contributed by atoms with Crippen molar-refractivity contribution >= 4 is 10.8 Å². The van der Waals surface area contributed by atoms with Gasteiger partial charge < -0.3 is 0 Å². The van der Waals surface area contributed by atoms with Crippen molar-refractivity contribution in [2.24, 2.45) is 0 Å². The Morgan fingerprint density at radius 1 is 1.06 bits per heavy atom. The Kier molecular flexibility index (Phi) is 2.22. The molecule has 0 radical (unpaired) electrons. The Balaban J connectivity index is 1.95. The van der Waals surface area contributed by atoms with Gasteiger partial charge in [-0.1, -0.05) is 36.4 Å². The number of hydrogen-bond donors (Lipinski definition) is 0. The third-order valence-corrected chi connectivity index (χ3v) is 3.47. The van der Waals surface area contributed by atoms with E-state index in [0.29, 0.717) is 12.1 Å². The Morgan fingerprint density at radius 2 is 1.81 bits per heavy atom. The highest BCUT2D eigenvalue weighted by Gasteiger charge is 2.36. The summed E-state index contributed by atoms with van der Waals surface area (Å²) in [5.74, 6) is 0. The molecule has 2 atom stereocenters. The summed E-state index contributed by atoms with van der Waals surface area (Å²) in [6.07, 6.45) is 0. The molecule has 1 aliphatic heterocycles. The van der Waals surface area contributed by atoms with Crippen LogP contribution < -0.4 is 0 Å². The van der Waals surface area contributed by atoms with E-state index in [4.69, 9.17) is 0 Å². The molecule has 2 aromatic rings. The first-order chi connectivity index (χ1) is 7.75. The molecule has 1 nitrogen and oxygen atoms in total. The molecule has 0 aromatic heterocycles. The third kappa shape index (κ3) is 1.61. The zero-order valence-corrected chi connectivity index (χ0v) is 9.85. The average molecular weight is 211 g/mol. The maximum absolute atomic E-state index is 2.52. The van der Waals surface area contributed by atoms with Crippen LogP contribution in [0.1, 0.15) is 25.5 Å². The van der Waals surface area contributed by atoms with Crippen LogP contribution in [0.3, 0.4) is 0 Å². The van der Waals surface area contributed by atoms with Gasteiger partial charge in [-0.2, -0.15) is 0 Å². The van der Waals surface area contributed by atoms with Gasteiger partial charge in [0.1, 0.15) is 0 Å². The minimum Gasteiger partial charge on any atom is -0.291 e. The minimum atomic E-state index is 0.657. The molecule has 1 aliphatic rings. The summed E-state index contributed by atoms with van der Waals surface area (Å²) in [5.41, 5.74) is 1.47. The molecule has 1 heterocycles. The second-order valence-corrected chi connectivity index (χ2v) is 4.91. The lowest BCUT2D eigenvalue weighted by Gasteiger charge is -2.08. The molecule has 3 rings (SSSR count). The van der Waals surface area contributed by atoms with Crippen LogP contribution in [0.5, 0.6) is 0 Å². The monoisotopic (exact) mass is 211 g/mol. The molecule has 2 aromatic carbocycles. The van der Waals surface area contributed by atoms with Gasteiger partial charge in [0.15, 0.2) is 0 Å². The van der Waals surface area contributed by atoms with Crippen LogP contribution in [0, 0.1) is 0 Å². The molecule has 0 spiro atoms. The Morgan fingerprint density at radius 3 is 2.50 bits per heavy atom. The maximum Gasteiger partial charge on any atom is 0.0479 e. The average Bonchev–Trinajstić information content (AvgIpc) is 3.08. The molecular weight excluding hydrogens is 194 g/mol. The summed E-state index contributed by atoms with van der Waals surface area (Å²) in [5, 5.41) is 2.69. The minimum absolute atomic E-state index is 0.657. The van der Waals surface area contributed by atoms with E-state index >= 15 is 0 Å². The van der Waals surface area contributed by atoms with E-state index in [0.717, 1.165) is 0 Å². The number of hydrogen-bond acceptors (Lipinski definition) is 1. The molecule has 1 unspecified atom stereocenters. The summed E-state index contributed by atoms with van der Waals surface area (Å²) in [7, 11) is 0. The smallest absolute Gasteiger partial charge is 0.0479 e. The first kappa shape index (κ1) is 9.86. The normalized spacial score (nSPS) is 23.9. The van der Waals surface area contributed by atoms with Crippen molar-refractivity contribution in [2.45, 2.75) is 25.9 Å². The van der Waals surface area contributed by atoms with Gasteiger partial charge in [0.2, 0.25) is 0 Å². The lowest BCUT2D eigenvalue weighted by Crippen LogP contribution is -2.09. The molecule has 0 saturated carbocycles. The predicted molar refractivity (Wildman–Crippen MR) is 68.5 cm³/mol. The summed E-state index contributed by atoms with van der Waals surface area (Å²) in [6, 6.07) is 16.7. The fourth-order valence-corrected chi connectivity index (χ4v) is 2.44. The fraction of sp³-hybridized carbons (Fsp3) is 0.333. The van der Waals surface area contributed by atoms with Crippen LogP contribution >= 0.6 is 0 Å². The highest BCUT2D eigenvalue weighted by Crippen LogP contribution is 2.37. The van der Waals surface area contributed by atoms with Gasteiger partial charge in [0.25, 0.3) is 0 Å². The largest absolute Gasteiger partial charge is 0.291 e. The molecule has 0 bridgehead atoms. The van der Waals surface area contributed by atoms with E-state index in [1.54, 1.807) is 0 Å². The Labute approximate surface area is 96.7 Å². The summed E-state index contributed by atoms with van der Waals surface area (Å²) in [6.45, 7) is 5.75. The number of fused-ring (bicyclic) bond motifs is 1. The first-order valence-electron chi connectivity index (χ1n) is 6.00. The lowest BCUT2D eigenvalue weighted by molar-refractivity contribution is 0.425. The van der Waals surface area contributed by atoms with Crippen molar-refractivity contribution < 1.29 is 0 Å². The number of rotatable bonds is 2. The van der Waals surface area contributed by atoms with Gasteiger partial charge in [0.05, 0.1) is 0 Å². The summed E-state index contributed by atoms with van der Waals surface area (Å²) >= 11 is 0. The zero-order chi connectivity index (χ0) is 11.1. The van der Waals surface area contributed by atoms with Crippen molar-refractivity contribution in [2.75, 3.05) is 6.54 Å². The van der Waals surface area contributed by atoms with Crippen molar-refractivity contribution in [1.29, 1.82) is 0 Å². The maximum atomic E-state index is 2.52. The van der Waals surface area contributed by atoms with Crippen molar-refractivity contribution in [1.82, 2.24) is 4.90 Å². The lowest BCUT2D eigenvalue weighted by atomic mass is 10.1. The van der Waals surface area contributed by atoms with Crippen LogP contribution in [0.2, 0.25) is 0 Å². The highest BCUT2D eigenvalue weighted by molar-refractivity contribution is 5.83. The predicted octanol–water partition coefficient (Wildman–Crippen LogP) is 3.60. The molecule has 1 heteroatoms. The van der Waals surface area contributed by atoms with Gasteiger partial charge in [-0.3, -0.25) is 4.90 Å².